The number of rotatable bonds is 12. The predicted molar refractivity (Wildman–Crippen MR) is 76.5 cm³/mol. The van der Waals surface area contributed by atoms with Crippen LogP contribution in [0.2, 0.25) is 5.02 Å². The van der Waals surface area contributed by atoms with Crippen molar-refractivity contribution in [1.29, 1.82) is 0 Å². The van der Waals surface area contributed by atoms with Crippen molar-refractivity contribution < 1.29 is 24.1 Å². The van der Waals surface area contributed by atoms with Gasteiger partial charge in [-0.25, -0.2) is 0 Å². The Morgan fingerprint density at radius 2 is 1.25 bits per heavy atom. The molecule has 0 saturated heterocycles. The Hall–Kier alpha value is -0.850. The van der Waals surface area contributed by atoms with E-state index in [9.17, 15) is 0 Å². The normalized spacial score (nSPS) is 10.7. The second-order valence-corrected chi connectivity index (χ2v) is 4.30. The van der Waals surface area contributed by atoms with Gasteiger partial charge < -0.3 is 24.1 Å². The molecule has 1 aromatic rings. The highest BCUT2D eigenvalue weighted by Crippen LogP contribution is 2.15. The molecular weight excluding hydrogens is 284 g/mol. The molecule has 1 rings (SSSR count). The fourth-order valence-electron chi connectivity index (χ4n) is 1.36. The van der Waals surface area contributed by atoms with Crippen LogP contribution in [0.1, 0.15) is 0 Å². The van der Waals surface area contributed by atoms with Crippen LogP contribution >= 0.6 is 11.6 Å². The van der Waals surface area contributed by atoms with Crippen molar-refractivity contribution in [2.45, 2.75) is 0 Å². The second-order valence-electron chi connectivity index (χ2n) is 3.86. The van der Waals surface area contributed by atoms with Crippen molar-refractivity contribution in [2.75, 3.05) is 52.9 Å². The van der Waals surface area contributed by atoms with Gasteiger partial charge in [-0.15, -0.1) is 0 Å². The monoisotopic (exact) mass is 304 g/mol. The number of hydrogen-bond acceptors (Lipinski definition) is 5. The molecule has 0 aliphatic carbocycles. The molecule has 6 heteroatoms. The fourth-order valence-corrected chi connectivity index (χ4v) is 1.48. The molecule has 0 fully saturated rings. The van der Waals surface area contributed by atoms with E-state index in [1.807, 2.05) is 12.1 Å². The lowest BCUT2D eigenvalue weighted by atomic mass is 10.3. The van der Waals surface area contributed by atoms with Crippen molar-refractivity contribution in [3.05, 3.63) is 29.3 Å². The molecule has 0 spiro atoms. The van der Waals surface area contributed by atoms with Gasteiger partial charge in [0, 0.05) is 5.02 Å². The Morgan fingerprint density at radius 1 is 0.750 bits per heavy atom. The van der Waals surface area contributed by atoms with Crippen molar-refractivity contribution >= 4 is 11.6 Å². The topological polar surface area (TPSA) is 57.2 Å². The molecule has 0 aromatic heterocycles. The lowest BCUT2D eigenvalue weighted by molar-refractivity contribution is 0.00361. The highest BCUT2D eigenvalue weighted by atomic mass is 35.5. The van der Waals surface area contributed by atoms with E-state index in [1.54, 1.807) is 12.1 Å². The maximum absolute atomic E-state index is 8.48. The zero-order valence-corrected chi connectivity index (χ0v) is 12.2. The van der Waals surface area contributed by atoms with Gasteiger partial charge in [-0.2, -0.15) is 0 Å². The van der Waals surface area contributed by atoms with Crippen LogP contribution in [-0.2, 0) is 14.2 Å². The van der Waals surface area contributed by atoms with Gasteiger partial charge in [0.05, 0.1) is 46.2 Å². The van der Waals surface area contributed by atoms with Gasteiger partial charge in [0.15, 0.2) is 0 Å². The fraction of sp³-hybridized carbons (Fsp3) is 0.571. The summed E-state index contributed by atoms with van der Waals surface area (Å²) in [7, 11) is 0. The molecule has 20 heavy (non-hydrogen) atoms. The van der Waals surface area contributed by atoms with E-state index in [0.29, 0.717) is 51.3 Å². The first-order valence-electron chi connectivity index (χ1n) is 6.55. The molecule has 5 nitrogen and oxygen atoms in total. The number of halogens is 1. The predicted octanol–water partition coefficient (Wildman–Crippen LogP) is 1.76. The van der Waals surface area contributed by atoms with Gasteiger partial charge >= 0.3 is 0 Å². The summed E-state index contributed by atoms with van der Waals surface area (Å²) in [5.74, 6) is 0.773. The van der Waals surface area contributed by atoms with E-state index in [-0.39, 0.29) is 6.61 Å². The Morgan fingerprint density at radius 3 is 1.80 bits per heavy atom. The molecule has 0 unspecified atom stereocenters. The Balaban J connectivity index is 1.84. The molecule has 0 aliphatic heterocycles. The molecule has 0 radical (unpaired) electrons. The van der Waals surface area contributed by atoms with Crippen LogP contribution in [-0.4, -0.2) is 58.0 Å². The van der Waals surface area contributed by atoms with E-state index >= 15 is 0 Å². The van der Waals surface area contributed by atoms with E-state index in [1.165, 1.54) is 0 Å². The molecule has 114 valence electrons. The molecule has 0 aliphatic rings. The van der Waals surface area contributed by atoms with Crippen LogP contribution in [0, 0.1) is 0 Å². The van der Waals surface area contributed by atoms with Gasteiger partial charge in [0.2, 0.25) is 0 Å². The second kappa shape index (κ2) is 11.9. The van der Waals surface area contributed by atoms with Crippen LogP contribution in [0.15, 0.2) is 24.3 Å². The van der Waals surface area contributed by atoms with E-state index in [0.717, 1.165) is 5.75 Å². The van der Waals surface area contributed by atoms with Crippen molar-refractivity contribution in [3.63, 3.8) is 0 Å². The first-order chi connectivity index (χ1) is 9.83. The smallest absolute Gasteiger partial charge is 0.119 e. The van der Waals surface area contributed by atoms with Crippen molar-refractivity contribution in [2.24, 2.45) is 0 Å². The van der Waals surface area contributed by atoms with Crippen LogP contribution in [0.3, 0.4) is 0 Å². The lowest BCUT2D eigenvalue weighted by Crippen LogP contribution is -2.13. The molecule has 0 saturated carbocycles. The van der Waals surface area contributed by atoms with Crippen LogP contribution < -0.4 is 4.74 Å². The number of aliphatic hydroxyl groups excluding tert-OH is 1. The summed E-state index contributed by atoms with van der Waals surface area (Å²) in [6.07, 6.45) is 0. The van der Waals surface area contributed by atoms with Crippen LogP contribution in [0.5, 0.6) is 5.75 Å². The van der Waals surface area contributed by atoms with Crippen molar-refractivity contribution in [1.82, 2.24) is 0 Å². The highest BCUT2D eigenvalue weighted by molar-refractivity contribution is 6.30. The van der Waals surface area contributed by atoms with Gasteiger partial charge in [-0.05, 0) is 24.3 Å². The lowest BCUT2D eigenvalue weighted by Gasteiger charge is -2.08. The molecule has 0 amide bonds. The first kappa shape index (κ1) is 17.2. The average molecular weight is 305 g/mol. The molecule has 0 atom stereocenters. The van der Waals surface area contributed by atoms with Gasteiger partial charge in [-0.3, -0.25) is 0 Å². The summed E-state index contributed by atoms with van der Waals surface area (Å²) in [6.45, 7) is 3.41. The van der Waals surface area contributed by atoms with E-state index in [2.05, 4.69) is 0 Å². The minimum absolute atomic E-state index is 0.0384. The quantitative estimate of drug-likeness (QED) is 0.596. The van der Waals surface area contributed by atoms with Gasteiger partial charge in [-0.1, -0.05) is 11.6 Å². The molecule has 1 N–H and O–H groups in total. The third-order valence-electron chi connectivity index (χ3n) is 2.29. The van der Waals surface area contributed by atoms with Gasteiger partial charge in [0.25, 0.3) is 0 Å². The Kier molecular flexibility index (Phi) is 10.3. The minimum Gasteiger partial charge on any atom is -0.491 e. The largest absolute Gasteiger partial charge is 0.491 e. The third kappa shape index (κ3) is 9.12. The summed E-state index contributed by atoms with van der Waals surface area (Å²) in [6, 6.07) is 7.20. The zero-order valence-electron chi connectivity index (χ0n) is 11.4. The average Bonchev–Trinajstić information content (AvgIpc) is 2.47. The Bertz CT molecular complexity index is 331. The third-order valence-corrected chi connectivity index (χ3v) is 2.54. The van der Waals surface area contributed by atoms with Crippen LogP contribution in [0.25, 0.3) is 0 Å². The highest BCUT2D eigenvalue weighted by Gasteiger charge is 1.95. The summed E-state index contributed by atoms with van der Waals surface area (Å²) in [5, 5.41) is 9.17. The van der Waals surface area contributed by atoms with Crippen molar-refractivity contribution in [3.8, 4) is 5.75 Å². The summed E-state index contributed by atoms with van der Waals surface area (Å²) in [4.78, 5) is 0. The first-order valence-corrected chi connectivity index (χ1v) is 6.93. The zero-order chi connectivity index (χ0) is 14.5. The molecule has 0 heterocycles. The number of ether oxygens (including phenoxy) is 4. The minimum atomic E-state index is 0.0384. The molecular formula is C14H21ClO5. The van der Waals surface area contributed by atoms with Gasteiger partial charge in [0.1, 0.15) is 12.4 Å². The Labute approximate surface area is 124 Å². The number of aliphatic hydroxyl groups is 1. The molecule has 0 bridgehead atoms. The standard InChI is InChI=1S/C14H21ClO5/c15-13-1-3-14(4-2-13)20-12-11-19-10-9-18-8-7-17-6-5-16/h1-4,16H,5-12H2. The van der Waals surface area contributed by atoms with E-state index < -0.39 is 0 Å². The maximum Gasteiger partial charge on any atom is 0.119 e. The SMILES string of the molecule is OCCOCCOCCOCCOc1ccc(Cl)cc1. The summed E-state index contributed by atoms with van der Waals surface area (Å²) >= 11 is 5.77. The summed E-state index contributed by atoms with van der Waals surface area (Å²) < 4.78 is 21.1. The maximum atomic E-state index is 8.48. The molecule has 1 aromatic carbocycles. The number of benzene rings is 1. The van der Waals surface area contributed by atoms with E-state index in [4.69, 9.17) is 35.7 Å². The summed E-state index contributed by atoms with van der Waals surface area (Å²) in [5.41, 5.74) is 0. The van der Waals surface area contributed by atoms with Crippen LogP contribution in [0.4, 0.5) is 0 Å². The number of hydrogen-bond donors (Lipinski definition) is 1.